The highest BCUT2D eigenvalue weighted by molar-refractivity contribution is 5.76. The Morgan fingerprint density at radius 2 is 2.00 bits per heavy atom. The number of likely N-dealkylation sites (tertiary alicyclic amines) is 1. The molecule has 0 radical (unpaired) electrons. The molecule has 1 fully saturated rings. The van der Waals surface area contributed by atoms with E-state index < -0.39 is 18.2 Å². The van der Waals surface area contributed by atoms with Gasteiger partial charge >= 0.3 is 6.18 Å². The standard InChI is InChI=1S/C12H20F3NO3/c1-2-19-8-5-10(17)16-6-3-9(4-7-16)11(18)12(13,14)15/h9,11,18H,2-8H2,1H3. The van der Waals surface area contributed by atoms with Crippen molar-refractivity contribution >= 4 is 5.91 Å². The minimum Gasteiger partial charge on any atom is -0.383 e. The van der Waals surface area contributed by atoms with Gasteiger partial charge in [-0.15, -0.1) is 0 Å². The summed E-state index contributed by atoms with van der Waals surface area (Å²) < 4.78 is 42.1. The fourth-order valence-corrected chi connectivity index (χ4v) is 2.19. The molecule has 0 aromatic heterocycles. The quantitative estimate of drug-likeness (QED) is 0.779. The zero-order chi connectivity index (χ0) is 14.5. The summed E-state index contributed by atoms with van der Waals surface area (Å²) in [6.45, 7) is 3.23. The molecule has 1 unspecified atom stereocenters. The summed E-state index contributed by atoms with van der Waals surface area (Å²) in [4.78, 5) is 13.2. The van der Waals surface area contributed by atoms with E-state index in [0.717, 1.165) is 0 Å². The van der Waals surface area contributed by atoms with E-state index in [9.17, 15) is 18.0 Å². The molecular weight excluding hydrogens is 263 g/mol. The number of halogens is 3. The Balaban J connectivity index is 2.34. The van der Waals surface area contributed by atoms with E-state index in [1.165, 1.54) is 0 Å². The van der Waals surface area contributed by atoms with Gasteiger partial charge in [-0.05, 0) is 25.7 Å². The van der Waals surface area contributed by atoms with Gasteiger partial charge in [0, 0.05) is 19.7 Å². The lowest BCUT2D eigenvalue weighted by Gasteiger charge is -2.34. The predicted molar refractivity (Wildman–Crippen MR) is 62.5 cm³/mol. The number of ether oxygens (including phenoxy) is 1. The molecule has 1 aliphatic heterocycles. The topological polar surface area (TPSA) is 49.8 Å². The lowest BCUT2D eigenvalue weighted by atomic mass is 9.91. The molecule has 1 atom stereocenters. The van der Waals surface area contributed by atoms with E-state index >= 15 is 0 Å². The van der Waals surface area contributed by atoms with E-state index in [1.54, 1.807) is 4.90 Å². The first-order valence-corrected chi connectivity index (χ1v) is 6.46. The lowest BCUT2D eigenvalue weighted by Crippen LogP contribution is -2.45. The second-order valence-electron chi connectivity index (χ2n) is 4.65. The summed E-state index contributed by atoms with van der Waals surface area (Å²) in [5.74, 6) is -0.913. The molecule has 1 N–H and O–H groups in total. The Bertz CT molecular complexity index is 288. The van der Waals surface area contributed by atoms with Gasteiger partial charge in [0.25, 0.3) is 0 Å². The highest BCUT2D eigenvalue weighted by atomic mass is 19.4. The number of nitrogens with zero attached hydrogens (tertiary/aromatic N) is 1. The van der Waals surface area contributed by atoms with Crippen molar-refractivity contribution in [2.45, 2.75) is 38.5 Å². The monoisotopic (exact) mass is 283 g/mol. The Morgan fingerprint density at radius 1 is 1.42 bits per heavy atom. The Morgan fingerprint density at radius 3 is 2.47 bits per heavy atom. The Labute approximate surface area is 110 Å². The summed E-state index contributed by atoms with van der Waals surface area (Å²) in [5, 5.41) is 9.16. The largest absolute Gasteiger partial charge is 0.414 e. The van der Waals surface area contributed by atoms with Crippen LogP contribution in [0.3, 0.4) is 0 Å². The normalized spacial score (nSPS) is 19.5. The summed E-state index contributed by atoms with van der Waals surface area (Å²) in [6.07, 6.45) is -6.25. The van der Waals surface area contributed by atoms with Crippen LogP contribution in [0, 0.1) is 5.92 Å². The van der Waals surface area contributed by atoms with Crippen molar-refractivity contribution in [2.75, 3.05) is 26.3 Å². The number of alkyl halides is 3. The first-order chi connectivity index (χ1) is 8.86. The van der Waals surface area contributed by atoms with Crippen molar-refractivity contribution in [1.29, 1.82) is 0 Å². The first kappa shape index (κ1) is 16.2. The van der Waals surface area contributed by atoms with Crippen LogP contribution >= 0.6 is 0 Å². The number of hydrogen-bond donors (Lipinski definition) is 1. The fourth-order valence-electron chi connectivity index (χ4n) is 2.19. The molecule has 1 aliphatic rings. The minimum atomic E-state index is -4.58. The summed E-state index contributed by atoms with van der Waals surface area (Å²) in [6, 6.07) is 0. The number of aliphatic hydroxyl groups is 1. The van der Waals surface area contributed by atoms with E-state index in [-0.39, 0.29) is 38.3 Å². The van der Waals surface area contributed by atoms with Gasteiger partial charge in [0.15, 0.2) is 6.10 Å². The van der Waals surface area contributed by atoms with Crippen LogP contribution in [0.2, 0.25) is 0 Å². The number of hydrogen-bond acceptors (Lipinski definition) is 3. The predicted octanol–water partition coefficient (Wildman–Crippen LogP) is 1.57. The average molecular weight is 283 g/mol. The summed E-state index contributed by atoms with van der Waals surface area (Å²) in [5.41, 5.74) is 0. The molecule has 112 valence electrons. The van der Waals surface area contributed by atoms with Crippen molar-refractivity contribution in [3.05, 3.63) is 0 Å². The third kappa shape index (κ3) is 4.99. The molecule has 19 heavy (non-hydrogen) atoms. The van der Waals surface area contributed by atoms with Gasteiger partial charge in [-0.3, -0.25) is 4.79 Å². The van der Waals surface area contributed by atoms with Crippen molar-refractivity contribution in [2.24, 2.45) is 5.92 Å². The molecule has 0 spiro atoms. The van der Waals surface area contributed by atoms with Crippen LogP contribution in [0.25, 0.3) is 0 Å². The summed E-state index contributed by atoms with van der Waals surface area (Å²) in [7, 11) is 0. The third-order valence-electron chi connectivity index (χ3n) is 3.34. The van der Waals surface area contributed by atoms with Gasteiger partial charge < -0.3 is 14.7 Å². The minimum absolute atomic E-state index is 0.103. The number of rotatable bonds is 5. The Hall–Kier alpha value is -0.820. The number of amides is 1. The van der Waals surface area contributed by atoms with Crippen LogP contribution in [0.1, 0.15) is 26.2 Å². The average Bonchev–Trinajstić information content (AvgIpc) is 2.37. The first-order valence-electron chi connectivity index (χ1n) is 6.46. The molecule has 1 saturated heterocycles. The molecule has 1 rings (SSSR count). The Kier molecular flexibility index (Phi) is 6.06. The van der Waals surface area contributed by atoms with Gasteiger partial charge in [-0.25, -0.2) is 0 Å². The van der Waals surface area contributed by atoms with Crippen LogP contribution in [0.15, 0.2) is 0 Å². The van der Waals surface area contributed by atoms with E-state index in [2.05, 4.69) is 0 Å². The second kappa shape index (κ2) is 7.09. The highest BCUT2D eigenvalue weighted by Gasteiger charge is 2.44. The van der Waals surface area contributed by atoms with Crippen LogP contribution in [0.4, 0.5) is 13.2 Å². The molecule has 0 saturated carbocycles. The van der Waals surface area contributed by atoms with Crippen LogP contribution in [-0.2, 0) is 9.53 Å². The van der Waals surface area contributed by atoms with Crippen LogP contribution in [-0.4, -0.2) is 54.5 Å². The SMILES string of the molecule is CCOCCC(=O)N1CCC(C(O)C(F)(F)F)CC1. The highest BCUT2D eigenvalue weighted by Crippen LogP contribution is 2.31. The summed E-state index contributed by atoms with van der Waals surface area (Å²) >= 11 is 0. The number of piperidine rings is 1. The maximum Gasteiger partial charge on any atom is 0.414 e. The van der Waals surface area contributed by atoms with Crippen molar-refractivity contribution in [3.63, 3.8) is 0 Å². The molecular formula is C12H20F3NO3. The van der Waals surface area contributed by atoms with Crippen LogP contribution < -0.4 is 0 Å². The van der Waals surface area contributed by atoms with Gasteiger partial charge in [0.1, 0.15) is 0 Å². The molecule has 7 heteroatoms. The maximum absolute atomic E-state index is 12.3. The van der Waals surface area contributed by atoms with Crippen LogP contribution in [0.5, 0.6) is 0 Å². The van der Waals surface area contributed by atoms with Gasteiger partial charge in [0.05, 0.1) is 13.0 Å². The fraction of sp³-hybridized carbons (Fsp3) is 0.917. The molecule has 0 bridgehead atoms. The third-order valence-corrected chi connectivity index (χ3v) is 3.34. The maximum atomic E-state index is 12.3. The van der Waals surface area contributed by atoms with Gasteiger partial charge in [0.2, 0.25) is 5.91 Å². The van der Waals surface area contributed by atoms with Crippen molar-refractivity contribution in [1.82, 2.24) is 4.90 Å². The zero-order valence-corrected chi connectivity index (χ0v) is 10.9. The van der Waals surface area contributed by atoms with Crippen molar-refractivity contribution < 1.29 is 27.8 Å². The van der Waals surface area contributed by atoms with Gasteiger partial charge in [-0.1, -0.05) is 0 Å². The lowest BCUT2D eigenvalue weighted by molar-refractivity contribution is -0.222. The molecule has 0 aromatic rings. The van der Waals surface area contributed by atoms with E-state index in [1.807, 2.05) is 6.92 Å². The molecule has 0 aliphatic carbocycles. The molecule has 1 amide bonds. The number of carbonyl (C=O) groups excluding carboxylic acids is 1. The number of carbonyl (C=O) groups is 1. The van der Waals surface area contributed by atoms with Gasteiger partial charge in [-0.2, -0.15) is 13.2 Å². The second-order valence-corrected chi connectivity index (χ2v) is 4.65. The zero-order valence-electron chi connectivity index (χ0n) is 10.9. The molecule has 4 nitrogen and oxygen atoms in total. The molecule has 1 heterocycles. The van der Waals surface area contributed by atoms with E-state index in [0.29, 0.717) is 13.2 Å². The molecule has 0 aromatic carbocycles. The smallest absolute Gasteiger partial charge is 0.383 e. The number of aliphatic hydroxyl groups excluding tert-OH is 1. The van der Waals surface area contributed by atoms with Crippen molar-refractivity contribution in [3.8, 4) is 0 Å². The van der Waals surface area contributed by atoms with E-state index in [4.69, 9.17) is 9.84 Å².